The van der Waals surface area contributed by atoms with Crippen LogP contribution in [-0.2, 0) is 17.6 Å². The second kappa shape index (κ2) is 9.84. The summed E-state index contributed by atoms with van der Waals surface area (Å²) >= 11 is 0. The van der Waals surface area contributed by atoms with E-state index in [1.807, 2.05) is 18.2 Å². The van der Waals surface area contributed by atoms with Crippen LogP contribution in [0, 0.1) is 11.8 Å². The zero-order valence-electron chi connectivity index (χ0n) is 16.1. The lowest BCUT2D eigenvalue weighted by molar-refractivity contribution is -0.136. The third-order valence-corrected chi connectivity index (χ3v) is 5.21. The van der Waals surface area contributed by atoms with Crippen LogP contribution in [0.2, 0.25) is 0 Å². The summed E-state index contributed by atoms with van der Waals surface area (Å²) in [6, 6.07) is 5.83. The van der Waals surface area contributed by atoms with Gasteiger partial charge in [0.05, 0.1) is 12.5 Å². The molecule has 0 bridgehead atoms. The van der Waals surface area contributed by atoms with Gasteiger partial charge < -0.3 is 9.84 Å². The molecule has 25 heavy (non-hydrogen) atoms. The van der Waals surface area contributed by atoms with E-state index in [0.717, 1.165) is 48.0 Å². The minimum atomic E-state index is -0.780. The second-order valence-electron chi connectivity index (χ2n) is 8.15. The van der Waals surface area contributed by atoms with Crippen LogP contribution in [0.1, 0.15) is 76.8 Å². The summed E-state index contributed by atoms with van der Waals surface area (Å²) < 4.78 is 6.14. The summed E-state index contributed by atoms with van der Waals surface area (Å²) in [7, 11) is 0. The molecule has 0 radical (unpaired) electrons. The highest BCUT2D eigenvalue weighted by atomic mass is 16.5. The van der Waals surface area contributed by atoms with E-state index in [1.165, 1.54) is 32.1 Å². The van der Waals surface area contributed by atoms with Crippen molar-refractivity contribution in [3.8, 4) is 5.75 Å². The van der Waals surface area contributed by atoms with Crippen LogP contribution in [0.15, 0.2) is 18.2 Å². The molecule has 2 atom stereocenters. The summed E-state index contributed by atoms with van der Waals surface area (Å²) in [5.74, 6) is 1.81. The predicted octanol–water partition coefficient (Wildman–Crippen LogP) is 5.64. The van der Waals surface area contributed by atoms with Crippen molar-refractivity contribution in [1.82, 2.24) is 0 Å². The molecule has 0 saturated heterocycles. The Bertz CT molecular complexity index is 550. The smallest absolute Gasteiger partial charge is 0.307 e. The van der Waals surface area contributed by atoms with Gasteiger partial charge in [0.25, 0.3) is 0 Å². The number of fused-ring (bicyclic) bond motifs is 1. The van der Waals surface area contributed by atoms with Crippen LogP contribution in [0.3, 0.4) is 0 Å². The molecule has 1 N–H and O–H groups in total. The van der Waals surface area contributed by atoms with Gasteiger partial charge in [-0.3, -0.25) is 4.79 Å². The van der Waals surface area contributed by atoms with Crippen LogP contribution in [0.4, 0.5) is 0 Å². The minimum absolute atomic E-state index is 0.0887. The Balaban J connectivity index is 1.71. The number of ether oxygens (including phenoxy) is 1. The molecule has 0 fully saturated rings. The average Bonchev–Trinajstić information content (AvgIpc) is 2.54. The summed E-state index contributed by atoms with van der Waals surface area (Å²) in [6.07, 6.45) is 10.2. The van der Waals surface area contributed by atoms with Gasteiger partial charge in [0.1, 0.15) is 5.75 Å². The highest BCUT2D eigenvalue weighted by molar-refractivity contribution is 5.70. The molecule has 2 rings (SSSR count). The van der Waals surface area contributed by atoms with Crippen LogP contribution in [0.5, 0.6) is 5.75 Å². The Morgan fingerprint density at radius 1 is 1.20 bits per heavy atom. The average molecular weight is 347 g/mol. The monoisotopic (exact) mass is 346 g/mol. The van der Waals surface area contributed by atoms with Crippen molar-refractivity contribution in [2.75, 3.05) is 0 Å². The molecule has 1 aliphatic heterocycles. The molecule has 3 heteroatoms. The number of benzene rings is 1. The van der Waals surface area contributed by atoms with Gasteiger partial charge in [-0.25, -0.2) is 0 Å². The molecule has 1 aliphatic rings. The number of hydrogen-bond donors (Lipinski definition) is 1. The predicted molar refractivity (Wildman–Crippen MR) is 102 cm³/mol. The SMILES string of the molecule is CC(C)CCCC(C)CCC[C@@H]1CCc2cc(CC(=O)O)ccc2O1. The van der Waals surface area contributed by atoms with E-state index in [2.05, 4.69) is 20.8 Å². The van der Waals surface area contributed by atoms with E-state index in [9.17, 15) is 4.79 Å². The van der Waals surface area contributed by atoms with Crippen molar-refractivity contribution >= 4 is 5.97 Å². The Hall–Kier alpha value is -1.51. The van der Waals surface area contributed by atoms with Gasteiger partial charge in [-0.2, -0.15) is 0 Å². The topological polar surface area (TPSA) is 46.5 Å². The molecule has 0 saturated carbocycles. The van der Waals surface area contributed by atoms with E-state index in [-0.39, 0.29) is 6.42 Å². The molecule has 0 aromatic heterocycles. The molecule has 3 nitrogen and oxygen atoms in total. The fraction of sp³-hybridized carbons (Fsp3) is 0.682. The Morgan fingerprint density at radius 2 is 1.96 bits per heavy atom. The number of hydrogen-bond acceptors (Lipinski definition) is 2. The molecule has 1 aromatic carbocycles. The quantitative estimate of drug-likeness (QED) is 0.596. The van der Waals surface area contributed by atoms with E-state index >= 15 is 0 Å². The maximum Gasteiger partial charge on any atom is 0.307 e. The standard InChI is InChI=1S/C22H34O3/c1-16(2)6-4-7-17(3)8-5-9-20-12-11-19-14-18(15-22(23)24)10-13-21(19)25-20/h10,13-14,16-17,20H,4-9,11-12,15H2,1-3H3,(H,23,24)/t17?,20-/m1/s1. The van der Waals surface area contributed by atoms with E-state index in [4.69, 9.17) is 9.84 Å². The van der Waals surface area contributed by atoms with Gasteiger partial charge in [0.15, 0.2) is 0 Å². The lowest BCUT2D eigenvalue weighted by Crippen LogP contribution is -2.23. The number of rotatable bonds is 10. The first kappa shape index (κ1) is 19.8. The highest BCUT2D eigenvalue weighted by Crippen LogP contribution is 2.31. The van der Waals surface area contributed by atoms with Crippen molar-refractivity contribution in [1.29, 1.82) is 0 Å². The molecule has 0 aliphatic carbocycles. The first-order valence-corrected chi connectivity index (χ1v) is 9.94. The molecule has 140 valence electrons. The van der Waals surface area contributed by atoms with Crippen molar-refractivity contribution in [2.45, 2.75) is 84.7 Å². The molecule has 1 heterocycles. The van der Waals surface area contributed by atoms with Gasteiger partial charge >= 0.3 is 5.97 Å². The summed E-state index contributed by atoms with van der Waals surface area (Å²) in [5, 5.41) is 8.90. The maximum absolute atomic E-state index is 10.8. The number of carboxylic acid groups (broad SMARTS) is 1. The van der Waals surface area contributed by atoms with E-state index in [0.29, 0.717) is 6.10 Å². The third-order valence-electron chi connectivity index (χ3n) is 5.21. The first-order chi connectivity index (χ1) is 11.9. The number of aryl methyl sites for hydroxylation is 1. The Labute approximate surface area is 152 Å². The molecule has 1 aromatic rings. The van der Waals surface area contributed by atoms with Gasteiger partial charge in [0, 0.05) is 0 Å². The number of carbonyl (C=O) groups is 1. The summed E-state index contributed by atoms with van der Waals surface area (Å²) in [5.41, 5.74) is 2.03. The first-order valence-electron chi connectivity index (χ1n) is 9.94. The van der Waals surface area contributed by atoms with Gasteiger partial charge in [-0.15, -0.1) is 0 Å². The van der Waals surface area contributed by atoms with Crippen LogP contribution in [0.25, 0.3) is 0 Å². The molecular formula is C22H34O3. The largest absolute Gasteiger partial charge is 0.490 e. The van der Waals surface area contributed by atoms with Gasteiger partial charge in [-0.05, 0) is 54.7 Å². The van der Waals surface area contributed by atoms with Gasteiger partial charge in [0.2, 0.25) is 0 Å². The molecule has 1 unspecified atom stereocenters. The summed E-state index contributed by atoms with van der Waals surface area (Å²) in [6.45, 7) is 6.97. The lowest BCUT2D eigenvalue weighted by Gasteiger charge is -2.27. The van der Waals surface area contributed by atoms with Crippen molar-refractivity contribution in [2.24, 2.45) is 11.8 Å². The fourth-order valence-corrected chi connectivity index (χ4v) is 3.70. The van der Waals surface area contributed by atoms with Crippen LogP contribution >= 0.6 is 0 Å². The second-order valence-corrected chi connectivity index (χ2v) is 8.15. The zero-order valence-corrected chi connectivity index (χ0v) is 16.1. The zero-order chi connectivity index (χ0) is 18.2. The normalized spacial score (nSPS) is 17.8. The van der Waals surface area contributed by atoms with Crippen LogP contribution < -0.4 is 4.74 Å². The van der Waals surface area contributed by atoms with Gasteiger partial charge in [-0.1, -0.05) is 58.6 Å². The molecular weight excluding hydrogens is 312 g/mol. The Morgan fingerprint density at radius 3 is 2.68 bits per heavy atom. The fourth-order valence-electron chi connectivity index (χ4n) is 3.70. The lowest BCUT2D eigenvalue weighted by atomic mass is 9.93. The summed E-state index contributed by atoms with van der Waals surface area (Å²) in [4.78, 5) is 10.8. The third kappa shape index (κ3) is 7.09. The van der Waals surface area contributed by atoms with Crippen molar-refractivity contribution < 1.29 is 14.6 Å². The number of carboxylic acids is 1. The minimum Gasteiger partial charge on any atom is -0.490 e. The molecule has 0 spiro atoms. The van der Waals surface area contributed by atoms with E-state index < -0.39 is 5.97 Å². The van der Waals surface area contributed by atoms with Crippen molar-refractivity contribution in [3.05, 3.63) is 29.3 Å². The molecule has 0 amide bonds. The van der Waals surface area contributed by atoms with Crippen molar-refractivity contribution in [3.63, 3.8) is 0 Å². The Kier molecular flexibility index (Phi) is 7.80. The number of aliphatic carboxylic acids is 1. The van der Waals surface area contributed by atoms with E-state index in [1.54, 1.807) is 0 Å². The van der Waals surface area contributed by atoms with Crippen LogP contribution in [-0.4, -0.2) is 17.2 Å². The maximum atomic E-state index is 10.8. The highest BCUT2D eigenvalue weighted by Gasteiger charge is 2.20.